The molecule has 0 aromatic heterocycles. The molecule has 0 saturated carbocycles. The van der Waals surface area contributed by atoms with Gasteiger partial charge in [0.25, 0.3) is 0 Å². The summed E-state index contributed by atoms with van der Waals surface area (Å²) in [7, 11) is 0. The lowest BCUT2D eigenvalue weighted by molar-refractivity contribution is -0.164. The molecule has 2 aliphatic heterocycles. The fraction of sp³-hybridized carbons (Fsp3) is 0.348. The molecule has 6 nitrogen and oxygen atoms in total. The number of rotatable bonds is 7. The highest BCUT2D eigenvalue weighted by Gasteiger charge is 2.48. The van der Waals surface area contributed by atoms with Gasteiger partial charge >= 0.3 is 5.97 Å². The van der Waals surface area contributed by atoms with E-state index in [0.29, 0.717) is 19.0 Å². The van der Waals surface area contributed by atoms with Crippen LogP contribution in [0.3, 0.4) is 0 Å². The zero-order valence-electron chi connectivity index (χ0n) is 16.5. The van der Waals surface area contributed by atoms with E-state index in [1.54, 1.807) is 0 Å². The fourth-order valence-corrected chi connectivity index (χ4v) is 3.30. The lowest BCUT2D eigenvalue weighted by atomic mass is 10.1. The number of esters is 1. The van der Waals surface area contributed by atoms with Crippen LogP contribution in [0.15, 0.2) is 72.2 Å². The van der Waals surface area contributed by atoms with Crippen molar-refractivity contribution in [2.24, 2.45) is 0 Å². The topological polar surface area (TPSA) is 63.2 Å². The molecule has 29 heavy (non-hydrogen) atoms. The number of hydrogen-bond donors (Lipinski definition) is 0. The Kier molecular flexibility index (Phi) is 5.56. The number of carbonyl (C=O) groups is 1. The van der Waals surface area contributed by atoms with Gasteiger partial charge in [-0.2, -0.15) is 0 Å². The number of carbonyl (C=O) groups excluding carboxylic acids is 1. The number of cyclic esters (lactones) is 1. The third kappa shape index (κ3) is 4.60. The Labute approximate surface area is 170 Å². The average Bonchev–Trinajstić information content (AvgIpc) is 3.25. The van der Waals surface area contributed by atoms with Gasteiger partial charge in [-0.3, -0.25) is 0 Å². The first-order valence-electron chi connectivity index (χ1n) is 9.62. The summed E-state index contributed by atoms with van der Waals surface area (Å²) in [5.74, 6) is -0.860. The van der Waals surface area contributed by atoms with Crippen molar-refractivity contribution < 1.29 is 28.5 Å². The first kappa shape index (κ1) is 19.5. The van der Waals surface area contributed by atoms with E-state index in [9.17, 15) is 4.79 Å². The smallest absolute Gasteiger partial charge is 0.378 e. The number of benzene rings is 2. The Morgan fingerprint density at radius 3 is 2.07 bits per heavy atom. The van der Waals surface area contributed by atoms with E-state index in [0.717, 1.165) is 11.1 Å². The predicted octanol–water partition coefficient (Wildman–Crippen LogP) is 3.71. The summed E-state index contributed by atoms with van der Waals surface area (Å²) < 4.78 is 29.0. The molecule has 0 amide bonds. The predicted molar refractivity (Wildman–Crippen MR) is 104 cm³/mol. The second-order valence-electron chi connectivity index (χ2n) is 7.43. The van der Waals surface area contributed by atoms with Gasteiger partial charge in [0.15, 0.2) is 17.7 Å². The Morgan fingerprint density at radius 2 is 1.52 bits per heavy atom. The molecule has 2 atom stereocenters. The van der Waals surface area contributed by atoms with Crippen molar-refractivity contribution in [1.29, 1.82) is 0 Å². The summed E-state index contributed by atoms with van der Waals surface area (Å²) in [6.45, 7) is 4.48. The highest BCUT2D eigenvalue weighted by Crippen LogP contribution is 2.34. The highest BCUT2D eigenvalue weighted by atomic mass is 16.8. The fourth-order valence-electron chi connectivity index (χ4n) is 3.30. The first-order valence-corrected chi connectivity index (χ1v) is 9.62. The van der Waals surface area contributed by atoms with Crippen molar-refractivity contribution in [3.8, 4) is 0 Å². The Bertz CT molecular complexity index is 875. The van der Waals surface area contributed by atoms with Crippen molar-refractivity contribution in [2.45, 2.75) is 45.1 Å². The van der Waals surface area contributed by atoms with Crippen LogP contribution in [0.1, 0.15) is 25.0 Å². The molecule has 6 heteroatoms. The van der Waals surface area contributed by atoms with Crippen LogP contribution in [0.5, 0.6) is 0 Å². The standard InChI is InChI=1S/C23H24O6/c1-23(2)27-15-18(29-23)19-20(25-13-16-9-5-3-6-10-16)21(22(24)28-19)26-14-17-11-7-4-8-12-17/h3-12,18-19H,13-15H2,1-2H3. The average molecular weight is 396 g/mol. The number of ether oxygens (including phenoxy) is 5. The van der Waals surface area contributed by atoms with Gasteiger partial charge in [0.05, 0.1) is 6.61 Å². The minimum absolute atomic E-state index is 0.0862. The SMILES string of the molecule is CC1(C)OCC(C2OC(=O)C(OCc3ccccc3)=C2OCc2ccccc2)O1. The monoisotopic (exact) mass is 396 g/mol. The molecule has 0 N–H and O–H groups in total. The molecule has 0 aliphatic carbocycles. The third-order valence-corrected chi connectivity index (χ3v) is 4.73. The maximum atomic E-state index is 12.6. The van der Waals surface area contributed by atoms with Gasteiger partial charge in [0.1, 0.15) is 19.3 Å². The molecule has 0 spiro atoms. The van der Waals surface area contributed by atoms with Crippen LogP contribution in [0.25, 0.3) is 0 Å². The second-order valence-corrected chi connectivity index (χ2v) is 7.43. The van der Waals surface area contributed by atoms with Gasteiger partial charge in [0.2, 0.25) is 5.76 Å². The lowest BCUT2D eigenvalue weighted by Gasteiger charge is -2.22. The Balaban J connectivity index is 1.55. The van der Waals surface area contributed by atoms with Gasteiger partial charge in [-0.1, -0.05) is 60.7 Å². The van der Waals surface area contributed by atoms with E-state index in [-0.39, 0.29) is 12.4 Å². The summed E-state index contributed by atoms with van der Waals surface area (Å²) >= 11 is 0. The molecule has 1 saturated heterocycles. The molecule has 2 aromatic carbocycles. The molecule has 0 bridgehead atoms. The van der Waals surface area contributed by atoms with Gasteiger partial charge in [-0.05, 0) is 25.0 Å². The van der Waals surface area contributed by atoms with E-state index in [1.165, 1.54) is 0 Å². The maximum Gasteiger partial charge on any atom is 0.378 e. The van der Waals surface area contributed by atoms with Crippen LogP contribution < -0.4 is 0 Å². The molecule has 1 fully saturated rings. The van der Waals surface area contributed by atoms with Crippen LogP contribution in [-0.2, 0) is 41.7 Å². The molecule has 4 rings (SSSR count). The summed E-state index contributed by atoms with van der Waals surface area (Å²) in [5.41, 5.74) is 1.92. The summed E-state index contributed by atoms with van der Waals surface area (Å²) in [6.07, 6.45) is -1.17. The minimum Gasteiger partial charge on any atom is -0.485 e. The van der Waals surface area contributed by atoms with Crippen LogP contribution in [0.2, 0.25) is 0 Å². The van der Waals surface area contributed by atoms with Crippen molar-refractivity contribution in [3.05, 3.63) is 83.3 Å². The largest absolute Gasteiger partial charge is 0.485 e. The first-order chi connectivity index (χ1) is 14.0. The molecular weight excluding hydrogens is 372 g/mol. The van der Waals surface area contributed by atoms with E-state index >= 15 is 0 Å². The van der Waals surface area contributed by atoms with Gasteiger partial charge in [-0.25, -0.2) is 4.79 Å². The summed E-state index contributed by atoms with van der Waals surface area (Å²) in [6, 6.07) is 19.3. The molecule has 2 aromatic rings. The van der Waals surface area contributed by atoms with Gasteiger partial charge < -0.3 is 23.7 Å². The molecule has 2 aliphatic rings. The Hall–Kier alpha value is -2.83. The van der Waals surface area contributed by atoms with Crippen molar-refractivity contribution in [3.63, 3.8) is 0 Å². The normalized spacial score (nSPS) is 23.2. The zero-order chi connectivity index (χ0) is 20.3. The van der Waals surface area contributed by atoms with Gasteiger partial charge in [0, 0.05) is 0 Å². The third-order valence-electron chi connectivity index (χ3n) is 4.73. The van der Waals surface area contributed by atoms with E-state index in [1.807, 2.05) is 74.5 Å². The summed E-state index contributed by atoms with van der Waals surface area (Å²) in [5, 5.41) is 0. The van der Waals surface area contributed by atoms with Crippen molar-refractivity contribution >= 4 is 5.97 Å². The van der Waals surface area contributed by atoms with Crippen LogP contribution in [0.4, 0.5) is 0 Å². The molecule has 152 valence electrons. The second kappa shape index (κ2) is 8.27. The number of hydrogen-bond acceptors (Lipinski definition) is 6. The maximum absolute atomic E-state index is 12.6. The molecule has 2 unspecified atom stereocenters. The Morgan fingerprint density at radius 1 is 0.931 bits per heavy atom. The van der Waals surface area contributed by atoms with E-state index in [2.05, 4.69) is 0 Å². The van der Waals surface area contributed by atoms with Crippen LogP contribution in [-0.4, -0.2) is 30.6 Å². The molecular formula is C23H24O6. The highest BCUT2D eigenvalue weighted by molar-refractivity contribution is 5.89. The minimum atomic E-state index is -0.741. The zero-order valence-corrected chi connectivity index (χ0v) is 16.5. The summed E-state index contributed by atoms with van der Waals surface area (Å²) in [4.78, 5) is 12.6. The van der Waals surface area contributed by atoms with Crippen LogP contribution >= 0.6 is 0 Å². The molecule has 0 radical (unpaired) electrons. The van der Waals surface area contributed by atoms with Crippen molar-refractivity contribution in [2.75, 3.05) is 6.61 Å². The van der Waals surface area contributed by atoms with Gasteiger partial charge in [-0.15, -0.1) is 0 Å². The van der Waals surface area contributed by atoms with E-state index in [4.69, 9.17) is 23.7 Å². The lowest BCUT2D eigenvalue weighted by Crippen LogP contribution is -2.33. The quantitative estimate of drug-likeness (QED) is 0.665. The van der Waals surface area contributed by atoms with Crippen LogP contribution in [0, 0.1) is 0 Å². The molecule has 2 heterocycles. The van der Waals surface area contributed by atoms with Crippen molar-refractivity contribution in [1.82, 2.24) is 0 Å². The van der Waals surface area contributed by atoms with E-state index < -0.39 is 24.0 Å².